The van der Waals surface area contributed by atoms with Gasteiger partial charge in [-0.3, -0.25) is 19.8 Å². The molecule has 1 aromatic rings. The number of carbonyl (C=O) groups is 1. The molecular weight excluding hydrogens is 226 g/mol. The van der Waals surface area contributed by atoms with E-state index in [1.165, 1.54) is 24.0 Å². The summed E-state index contributed by atoms with van der Waals surface area (Å²) in [6.07, 6.45) is -0.627. The second-order valence-corrected chi connectivity index (χ2v) is 3.89. The lowest BCUT2D eigenvalue weighted by molar-refractivity contribution is -0.385. The fraction of sp³-hybridized carbons (Fsp3) is 0.400. The lowest BCUT2D eigenvalue weighted by Gasteiger charge is -2.14. The molecule has 1 aromatic heterocycles. The fourth-order valence-corrected chi connectivity index (χ4v) is 1.79. The molecule has 0 spiro atoms. The molecule has 0 radical (unpaired) electrons. The SMILES string of the molecule is Cc1nc(N2CC(O)CC2=O)ccc1[N+](=O)[O-]. The van der Waals surface area contributed by atoms with Crippen LogP contribution in [0.25, 0.3) is 0 Å². The van der Waals surface area contributed by atoms with Crippen molar-refractivity contribution in [2.45, 2.75) is 19.4 Å². The molecule has 1 saturated heterocycles. The predicted molar refractivity (Wildman–Crippen MR) is 58.6 cm³/mol. The highest BCUT2D eigenvalue weighted by molar-refractivity contribution is 5.95. The molecule has 0 aliphatic carbocycles. The molecular formula is C10H11N3O4. The Morgan fingerprint density at radius 1 is 1.59 bits per heavy atom. The molecule has 2 rings (SSSR count). The lowest BCUT2D eigenvalue weighted by atomic mass is 10.3. The van der Waals surface area contributed by atoms with Crippen LogP contribution in [0.2, 0.25) is 0 Å². The van der Waals surface area contributed by atoms with Crippen LogP contribution in [-0.2, 0) is 4.79 Å². The van der Waals surface area contributed by atoms with Gasteiger partial charge >= 0.3 is 0 Å². The van der Waals surface area contributed by atoms with Crippen molar-refractivity contribution in [3.63, 3.8) is 0 Å². The molecule has 1 fully saturated rings. The van der Waals surface area contributed by atoms with Gasteiger partial charge in [-0.25, -0.2) is 4.98 Å². The van der Waals surface area contributed by atoms with Crippen molar-refractivity contribution in [3.8, 4) is 0 Å². The van der Waals surface area contributed by atoms with E-state index in [4.69, 9.17) is 0 Å². The minimum absolute atomic E-state index is 0.0672. The van der Waals surface area contributed by atoms with E-state index < -0.39 is 11.0 Å². The fourth-order valence-electron chi connectivity index (χ4n) is 1.79. The van der Waals surface area contributed by atoms with Crippen LogP contribution in [0.5, 0.6) is 0 Å². The Morgan fingerprint density at radius 2 is 2.29 bits per heavy atom. The number of aliphatic hydroxyl groups is 1. The van der Waals surface area contributed by atoms with Crippen molar-refractivity contribution in [1.29, 1.82) is 0 Å². The highest BCUT2D eigenvalue weighted by Gasteiger charge is 2.30. The maximum Gasteiger partial charge on any atom is 0.290 e. The van der Waals surface area contributed by atoms with Crippen molar-refractivity contribution >= 4 is 17.4 Å². The van der Waals surface area contributed by atoms with Crippen LogP contribution in [-0.4, -0.2) is 33.6 Å². The number of aromatic nitrogens is 1. The minimum Gasteiger partial charge on any atom is -0.391 e. The molecule has 1 atom stereocenters. The summed E-state index contributed by atoms with van der Waals surface area (Å²) in [5.41, 5.74) is 0.169. The first-order chi connectivity index (χ1) is 7.99. The minimum atomic E-state index is -0.695. The predicted octanol–water partition coefficient (Wildman–Crippen LogP) is 0.396. The van der Waals surface area contributed by atoms with E-state index in [2.05, 4.69) is 4.98 Å². The number of amides is 1. The molecule has 1 unspecified atom stereocenters. The Bertz CT molecular complexity index is 488. The van der Waals surface area contributed by atoms with Crippen molar-refractivity contribution in [1.82, 2.24) is 4.98 Å². The molecule has 0 aromatic carbocycles. The number of hydrogen-bond donors (Lipinski definition) is 1. The monoisotopic (exact) mass is 237 g/mol. The number of aliphatic hydroxyl groups excluding tert-OH is 1. The standard InChI is InChI=1S/C10H11N3O4/c1-6-8(13(16)17)2-3-9(11-6)12-5-7(14)4-10(12)15/h2-3,7,14H,4-5H2,1H3. The van der Waals surface area contributed by atoms with Crippen LogP contribution in [0.4, 0.5) is 11.5 Å². The highest BCUT2D eigenvalue weighted by Crippen LogP contribution is 2.23. The van der Waals surface area contributed by atoms with Gasteiger partial charge < -0.3 is 5.11 Å². The maximum absolute atomic E-state index is 11.5. The van der Waals surface area contributed by atoms with Crippen LogP contribution in [0.3, 0.4) is 0 Å². The smallest absolute Gasteiger partial charge is 0.290 e. The molecule has 1 aliphatic rings. The van der Waals surface area contributed by atoms with Gasteiger partial charge in [0.25, 0.3) is 5.69 Å². The third-order valence-electron chi connectivity index (χ3n) is 2.62. The zero-order chi connectivity index (χ0) is 12.6. The highest BCUT2D eigenvalue weighted by atomic mass is 16.6. The Morgan fingerprint density at radius 3 is 2.76 bits per heavy atom. The van der Waals surface area contributed by atoms with Gasteiger partial charge in [0.1, 0.15) is 11.5 Å². The molecule has 2 heterocycles. The average molecular weight is 237 g/mol. The Hall–Kier alpha value is -2.02. The second-order valence-electron chi connectivity index (χ2n) is 3.89. The molecule has 1 N–H and O–H groups in total. The molecule has 7 nitrogen and oxygen atoms in total. The Balaban J connectivity index is 2.32. The van der Waals surface area contributed by atoms with Crippen LogP contribution >= 0.6 is 0 Å². The molecule has 1 aliphatic heterocycles. The summed E-state index contributed by atoms with van der Waals surface area (Å²) in [4.78, 5) is 27.0. The van der Waals surface area contributed by atoms with E-state index in [1.54, 1.807) is 0 Å². The summed E-state index contributed by atoms with van der Waals surface area (Å²) in [6.45, 7) is 1.70. The summed E-state index contributed by atoms with van der Waals surface area (Å²) in [7, 11) is 0. The van der Waals surface area contributed by atoms with Crippen molar-refractivity contribution in [3.05, 3.63) is 27.9 Å². The third-order valence-corrected chi connectivity index (χ3v) is 2.62. The summed E-state index contributed by atoms with van der Waals surface area (Å²) < 4.78 is 0. The number of nitro groups is 1. The Labute approximate surface area is 96.8 Å². The first kappa shape index (κ1) is 11.5. The summed E-state index contributed by atoms with van der Waals surface area (Å²) in [6, 6.07) is 2.73. The lowest BCUT2D eigenvalue weighted by Crippen LogP contribution is -2.26. The second kappa shape index (κ2) is 4.10. The molecule has 0 bridgehead atoms. The van der Waals surface area contributed by atoms with E-state index in [0.29, 0.717) is 5.82 Å². The number of β-amino-alcohol motifs (C(OH)–C–C–N with tert-alkyl or cyclic N) is 1. The van der Waals surface area contributed by atoms with Crippen LogP contribution in [0, 0.1) is 17.0 Å². The molecule has 90 valence electrons. The quantitative estimate of drug-likeness (QED) is 0.593. The number of aryl methyl sites for hydroxylation is 1. The van der Waals surface area contributed by atoms with Crippen LogP contribution in [0.15, 0.2) is 12.1 Å². The first-order valence-corrected chi connectivity index (χ1v) is 5.09. The van der Waals surface area contributed by atoms with Crippen molar-refractivity contribution in [2.24, 2.45) is 0 Å². The van der Waals surface area contributed by atoms with Gasteiger partial charge in [0.05, 0.1) is 24.0 Å². The van der Waals surface area contributed by atoms with E-state index in [0.717, 1.165) is 0 Å². The molecule has 7 heteroatoms. The molecule has 1 amide bonds. The zero-order valence-electron chi connectivity index (χ0n) is 9.16. The van der Waals surface area contributed by atoms with E-state index in [-0.39, 0.29) is 30.3 Å². The van der Waals surface area contributed by atoms with Gasteiger partial charge in [0, 0.05) is 6.07 Å². The van der Waals surface area contributed by atoms with Gasteiger partial charge in [-0.15, -0.1) is 0 Å². The summed E-state index contributed by atoms with van der Waals surface area (Å²) in [5, 5.41) is 20.0. The van der Waals surface area contributed by atoms with Gasteiger partial charge in [-0.1, -0.05) is 0 Å². The number of pyridine rings is 1. The van der Waals surface area contributed by atoms with Gasteiger partial charge in [0.2, 0.25) is 5.91 Å². The molecule has 0 saturated carbocycles. The van der Waals surface area contributed by atoms with Crippen molar-refractivity contribution < 1.29 is 14.8 Å². The third kappa shape index (κ3) is 2.09. The number of rotatable bonds is 2. The van der Waals surface area contributed by atoms with Gasteiger partial charge in [-0.2, -0.15) is 0 Å². The van der Waals surface area contributed by atoms with Crippen LogP contribution < -0.4 is 4.90 Å². The average Bonchev–Trinajstić information content (AvgIpc) is 2.57. The maximum atomic E-state index is 11.5. The number of nitrogens with zero attached hydrogens (tertiary/aromatic N) is 3. The van der Waals surface area contributed by atoms with E-state index >= 15 is 0 Å². The zero-order valence-corrected chi connectivity index (χ0v) is 9.16. The number of anilines is 1. The van der Waals surface area contributed by atoms with E-state index in [9.17, 15) is 20.0 Å². The molecule has 17 heavy (non-hydrogen) atoms. The normalized spacial score (nSPS) is 19.8. The van der Waals surface area contributed by atoms with Crippen molar-refractivity contribution in [2.75, 3.05) is 11.4 Å². The number of carbonyl (C=O) groups excluding carboxylic acids is 1. The van der Waals surface area contributed by atoms with E-state index in [1.807, 2.05) is 0 Å². The largest absolute Gasteiger partial charge is 0.391 e. The van der Waals surface area contributed by atoms with Gasteiger partial charge in [-0.05, 0) is 13.0 Å². The number of hydrogen-bond acceptors (Lipinski definition) is 5. The summed E-state index contributed by atoms with van der Waals surface area (Å²) >= 11 is 0. The van der Waals surface area contributed by atoms with Gasteiger partial charge in [0.15, 0.2) is 0 Å². The topological polar surface area (TPSA) is 96.6 Å². The van der Waals surface area contributed by atoms with Crippen LogP contribution in [0.1, 0.15) is 12.1 Å². The Kier molecular flexibility index (Phi) is 2.76. The summed E-state index contributed by atoms with van der Waals surface area (Å²) in [5.74, 6) is 0.118. The first-order valence-electron chi connectivity index (χ1n) is 5.09.